The van der Waals surface area contributed by atoms with E-state index >= 15 is 0 Å². The summed E-state index contributed by atoms with van der Waals surface area (Å²) in [5, 5.41) is 13.9. The largest absolute Gasteiger partial charge is 0.410 e. The van der Waals surface area contributed by atoms with Crippen molar-refractivity contribution >= 4 is 23.3 Å². The van der Waals surface area contributed by atoms with Gasteiger partial charge in [0.05, 0.1) is 11.7 Å². The zero-order valence-corrected chi connectivity index (χ0v) is 19.3. The number of alkyl halides is 3. The van der Waals surface area contributed by atoms with E-state index in [2.05, 4.69) is 20.8 Å². The molecule has 2 atom stereocenters. The number of amides is 1. The van der Waals surface area contributed by atoms with E-state index in [0.29, 0.717) is 5.56 Å². The van der Waals surface area contributed by atoms with E-state index < -0.39 is 24.2 Å². The van der Waals surface area contributed by atoms with Gasteiger partial charge in [-0.15, -0.1) is 0 Å². The second kappa shape index (κ2) is 8.40. The number of halogens is 4. The standard InChI is InChI=1S/C22H24ClF3N6O/c1-11-5-7-14(8-6-11)16-9-17(22(24,25)26)32-20(28-16)18(23)19(30-32)21(33)27-10-15-12(2)29-31(4)13(15)3/h5-8,16-17,28H,9-10H2,1-4H3,(H,27,33)/t16-,17+/m1/s1. The van der Waals surface area contributed by atoms with E-state index in [1.54, 1.807) is 23.9 Å². The zero-order chi connectivity index (χ0) is 24.1. The second-order valence-corrected chi connectivity index (χ2v) is 8.69. The topological polar surface area (TPSA) is 76.8 Å². The Kier molecular flexibility index (Phi) is 5.90. The van der Waals surface area contributed by atoms with Crippen LogP contribution in [0.25, 0.3) is 0 Å². The van der Waals surface area contributed by atoms with E-state index in [9.17, 15) is 18.0 Å². The van der Waals surface area contributed by atoms with Crippen molar-refractivity contribution in [3.05, 3.63) is 63.1 Å². The van der Waals surface area contributed by atoms with Gasteiger partial charge in [-0.3, -0.25) is 9.48 Å². The van der Waals surface area contributed by atoms with Crippen LogP contribution in [0.4, 0.5) is 19.0 Å². The molecule has 2 aromatic heterocycles. The Morgan fingerprint density at radius 1 is 1.21 bits per heavy atom. The van der Waals surface area contributed by atoms with Gasteiger partial charge in [0.25, 0.3) is 5.91 Å². The number of fused-ring (bicyclic) bond motifs is 1. The lowest BCUT2D eigenvalue weighted by Gasteiger charge is -2.33. The molecule has 1 aliphatic heterocycles. The maximum atomic E-state index is 13.9. The van der Waals surface area contributed by atoms with Gasteiger partial charge in [0.2, 0.25) is 0 Å². The van der Waals surface area contributed by atoms with Crippen molar-refractivity contribution in [1.82, 2.24) is 24.9 Å². The number of aryl methyl sites for hydroxylation is 3. The third kappa shape index (κ3) is 4.31. The Morgan fingerprint density at radius 2 is 1.88 bits per heavy atom. The van der Waals surface area contributed by atoms with Crippen molar-refractivity contribution in [1.29, 1.82) is 0 Å². The Morgan fingerprint density at radius 3 is 2.45 bits per heavy atom. The molecule has 1 amide bonds. The van der Waals surface area contributed by atoms with Crippen LogP contribution in [0.2, 0.25) is 5.02 Å². The minimum absolute atomic E-state index is 0.0188. The van der Waals surface area contributed by atoms with Crippen LogP contribution in [0.15, 0.2) is 24.3 Å². The fraction of sp³-hybridized carbons (Fsp3) is 0.409. The lowest BCUT2D eigenvalue weighted by Crippen LogP contribution is -2.36. The van der Waals surface area contributed by atoms with Crippen LogP contribution in [0.3, 0.4) is 0 Å². The number of nitrogens with zero attached hydrogens (tertiary/aromatic N) is 4. The first-order valence-electron chi connectivity index (χ1n) is 10.4. The zero-order valence-electron chi connectivity index (χ0n) is 18.6. The van der Waals surface area contributed by atoms with Crippen molar-refractivity contribution in [3.8, 4) is 0 Å². The molecule has 3 heterocycles. The molecule has 4 rings (SSSR count). The summed E-state index contributed by atoms with van der Waals surface area (Å²) in [6.45, 7) is 5.75. The van der Waals surface area contributed by atoms with Crippen molar-refractivity contribution in [3.63, 3.8) is 0 Å². The van der Waals surface area contributed by atoms with Crippen LogP contribution in [0.1, 0.15) is 57.1 Å². The normalized spacial score (nSPS) is 18.1. The molecule has 0 unspecified atom stereocenters. The number of rotatable bonds is 4. The molecule has 0 spiro atoms. The van der Waals surface area contributed by atoms with Crippen molar-refractivity contribution < 1.29 is 18.0 Å². The van der Waals surface area contributed by atoms with Crippen LogP contribution in [-0.4, -0.2) is 31.6 Å². The smallest absolute Gasteiger partial charge is 0.362 e. The molecule has 0 bridgehead atoms. The highest BCUT2D eigenvalue weighted by Crippen LogP contribution is 2.46. The lowest BCUT2D eigenvalue weighted by molar-refractivity contribution is -0.173. The van der Waals surface area contributed by atoms with Gasteiger partial charge >= 0.3 is 6.18 Å². The number of carbonyl (C=O) groups excluding carboxylic acids is 1. The minimum Gasteiger partial charge on any atom is -0.362 e. The monoisotopic (exact) mass is 480 g/mol. The van der Waals surface area contributed by atoms with Gasteiger partial charge < -0.3 is 10.6 Å². The molecule has 176 valence electrons. The molecule has 3 aromatic rings. The van der Waals surface area contributed by atoms with Gasteiger partial charge in [0.15, 0.2) is 11.7 Å². The summed E-state index contributed by atoms with van der Waals surface area (Å²) in [4.78, 5) is 12.8. The van der Waals surface area contributed by atoms with E-state index in [1.807, 2.05) is 32.9 Å². The van der Waals surface area contributed by atoms with Crippen LogP contribution in [0.5, 0.6) is 0 Å². The number of carbonyl (C=O) groups is 1. The first kappa shape index (κ1) is 23.2. The van der Waals surface area contributed by atoms with Crippen LogP contribution in [0, 0.1) is 20.8 Å². The average Bonchev–Trinajstić information content (AvgIpc) is 3.21. The highest BCUT2D eigenvalue weighted by molar-refractivity contribution is 6.36. The predicted octanol–water partition coefficient (Wildman–Crippen LogP) is 4.79. The van der Waals surface area contributed by atoms with Crippen molar-refractivity contribution in [2.45, 2.75) is 52.0 Å². The molecule has 7 nitrogen and oxygen atoms in total. The third-order valence-electron chi connectivity index (χ3n) is 6.08. The van der Waals surface area contributed by atoms with Gasteiger partial charge in [0.1, 0.15) is 10.8 Å². The summed E-state index contributed by atoms with van der Waals surface area (Å²) < 4.78 is 44.3. The molecule has 0 saturated carbocycles. The lowest BCUT2D eigenvalue weighted by atomic mass is 9.96. The van der Waals surface area contributed by atoms with Gasteiger partial charge in [-0.25, -0.2) is 4.68 Å². The predicted molar refractivity (Wildman–Crippen MR) is 118 cm³/mol. The molecule has 11 heteroatoms. The fourth-order valence-electron chi connectivity index (χ4n) is 4.08. The number of hydrogen-bond acceptors (Lipinski definition) is 4. The molecule has 0 saturated heterocycles. The maximum absolute atomic E-state index is 13.9. The first-order valence-corrected chi connectivity index (χ1v) is 10.8. The number of anilines is 1. The molecule has 0 aliphatic carbocycles. The third-order valence-corrected chi connectivity index (χ3v) is 6.43. The molecule has 0 fully saturated rings. The second-order valence-electron chi connectivity index (χ2n) is 8.31. The number of nitrogens with one attached hydrogen (secondary N) is 2. The van der Waals surface area contributed by atoms with E-state index in [1.165, 1.54) is 0 Å². The van der Waals surface area contributed by atoms with Gasteiger partial charge in [-0.2, -0.15) is 23.4 Å². The van der Waals surface area contributed by atoms with E-state index in [-0.39, 0.29) is 29.5 Å². The SMILES string of the molecule is Cc1ccc([C@H]2C[C@@H](C(F)(F)F)n3nc(C(=O)NCc4c(C)nn(C)c4C)c(Cl)c3N2)cc1. The number of benzene rings is 1. The molecular formula is C22H24ClF3N6O. The number of aromatic nitrogens is 4. The molecule has 0 radical (unpaired) electrons. The summed E-state index contributed by atoms with van der Waals surface area (Å²) in [5.74, 6) is -0.672. The van der Waals surface area contributed by atoms with E-state index in [4.69, 9.17) is 11.6 Å². The fourth-order valence-corrected chi connectivity index (χ4v) is 4.34. The Labute approximate surface area is 193 Å². The number of hydrogen-bond donors (Lipinski definition) is 2. The molecule has 33 heavy (non-hydrogen) atoms. The Hall–Kier alpha value is -3.01. The van der Waals surface area contributed by atoms with Gasteiger partial charge in [-0.05, 0) is 26.3 Å². The van der Waals surface area contributed by atoms with Crippen molar-refractivity contribution in [2.75, 3.05) is 5.32 Å². The first-order chi connectivity index (χ1) is 15.5. The molecular weight excluding hydrogens is 457 g/mol. The summed E-state index contributed by atoms with van der Waals surface area (Å²) in [5.41, 5.74) is 3.91. The Bertz CT molecular complexity index is 1200. The van der Waals surface area contributed by atoms with Crippen LogP contribution in [-0.2, 0) is 13.6 Å². The van der Waals surface area contributed by atoms with Crippen LogP contribution < -0.4 is 10.6 Å². The van der Waals surface area contributed by atoms with Crippen molar-refractivity contribution in [2.24, 2.45) is 7.05 Å². The van der Waals surface area contributed by atoms with Gasteiger partial charge in [-0.1, -0.05) is 41.4 Å². The Balaban J connectivity index is 1.64. The molecule has 1 aliphatic rings. The summed E-state index contributed by atoms with van der Waals surface area (Å²) in [7, 11) is 1.79. The highest BCUT2D eigenvalue weighted by Gasteiger charge is 2.47. The van der Waals surface area contributed by atoms with Gasteiger partial charge in [0, 0.05) is 31.3 Å². The molecule has 2 N–H and O–H groups in total. The summed E-state index contributed by atoms with van der Waals surface area (Å²) >= 11 is 6.39. The summed E-state index contributed by atoms with van der Waals surface area (Å²) in [6, 6.07) is 4.71. The van der Waals surface area contributed by atoms with E-state index in [0.717, 1.165) is 27.2 Å². The quantitative estimate of drug-likeness (QED) is 0.563. The van der Waals surface area contributed by atoms with Crippen LogP contribution >= 0.6 is 11.6 Å². The minimum atomic E-state index is -4.56. The summed E-state index contributed by atoms with van der Waals surface area (Å²) in [6.07, 6.45) is -4.83. The highest BCUT2D eigenvalue weighted by atomic mass is 35.5. The maximum Gasteiger partial charge on any atom is 0.410 e. The average molecular weight is 481 g/mol. The molecule has 1 aromatic carbocycles.